The normalized spacial score (nSPS) is 10.5. The molecule has 0 aliphatic carbocycles. The van der Waals surface area contributed by atoms with E-state index in [2.05, 4.69) is 20.3 Å². The minimum atomic E-state index is -0.352. The van der Waals surface area contributed by atoms with Crippen molar-refractivity contribution in [2.45, 2.75) is 6.42 Å². The zero-order valence-electron chi connectivity index (χ0n) is 11.7. The number of halogens is 2. The molecule has 5 nitrogen and oxygen atoms in total. The van der Waals surface area contributed by atoms with Gasteiger partial charge in [0.05, 0.1) is 6.20 Å². The first-order valence-electron chi connectivity index (χ1n) is 6.58. The number of aromatic nitrogens is 3. The number of nitrogens with one attached hydrogen (secondary N) is 1. The Balaban J connectivity index is 1.72. The van der Waals surface area contributed by atoms with Crippen LogP contribution in [0.5, 0.6) is 0 Å². The van der Waals surface area contributed by atoms with Gasteiger partial charge in [0, 0.05) is 39.9 Å². The number of rotatable bonds is 4. The summed E-state index contributed by atoms with van der Waals surface area (Å²) in [7, 11) is 0. The van der Waals surface area contributed by atoms with Gasteiger partial charge in [0.1, 0.15) is 5.69 Å². The smallest absolute Gasteiger partial charge is 0.277 e. The first-order valence-corrected chi connectivity index (χ1v) is 8.15. The Morgan fingerprint density at radius 2 is 1.91 bits per heavy atom. The molecule has 0 bridgehead atoms. The first-order chi connectivity index (χ1) is 11.1. The molecular weight excluding hydrogens is 355 g/mol. The van der Waals surface area contributed by atoms with E-state index >= 15 is 0 Å². The lowest BCUT2D eigenvalue weighted by Crippen LogP contribution is -2.13. The van der Waals surface area contributed by atoms with Crippen molar-refractivity contribution in [2.75, 3.05) is 5.32 Å². The maximum Gasteiger partial charge on any atom is 0.277 e. The summed E-state index contributed by atoms with van der Waals surface area (Å²) in [5, 5.41) is 4.39. The molecule has 0 saturated heterocycles. The van der Waals surface area contributed by atoms with Crippen LogP contribution in [0.3, 0.4) is 0 Å². The van der Waals surface area contributed by atoms with Gasteiger partial charge >= 0.3 is 0 Å². The summed E-state index contributed by atoms with van der Waals surface area (Å²) in [6.07, 6.45) is 6.61. The van der Waals surface area contributed by atoms with Crippen LogP contribution in [-0.2, 0) is 6.42 Å². The highest BCUT2D eigenvalue weighted by Crippen LogP contribution is 2.29. The molecule has 116 valence electrons. The van der Waals surface area contributed by atoms with Crippen molar-refractivity contribution in [2.24, 2.45) is 0 Å². The first kappa shape index (κ1) is 15.9. The SMILES string of the molecule is O=C(Nc1ncc(Cc2c(Cl)cccc2Cl)s1)c1cnccn1. The molecular formula is C15H10Cl2N4OS. The van der Waals surface area contributed by atoms with E-state index in [1.54, 1.807) is 24.4 Å². The summed E-state index contributed by atoms with van der Waals surface area (Å²) in [4.78, 5) is 24.9. The topological polar surface area (TPSA) is 67.8 Å². The Bertz CT molecular complexity index is 818. The van der Waals surface area contributed by atoms with Crippen LogP contribution in [0.15, 0.2) is 43.0 Å². The Labute approximate surface area is 146 Å². The molecule has 0 aliphatic heterocycles. The Morgan fingerprint density at radius 3 is 2.61 bits per heavy atom. The second-order valence-corrected chi connectivity index (χ2v) is 6.48. The molecule has 0 unspecified atom stereocenters. The van der Waals surface area contributed by atoms with Crippen LogP contribution in [0, 0.1) is 0 Å². The average molecular weight is 365 g/mol. The molecule has 0 spiro atoms. The number of amides is 1. The summed E-state index contributed by atoms with van der Waals surface area (Å²) in [6, 6.07) is 5.38. The van der Waals surface area contributed by atoms with Gasteiger partial charge in [0.25, 0.3) is 5.91 Å². The number of benzene rings is 1. The third-order valence-corrected chi connectivity index (χ3v) is 4.60. The number of hydrogen-bond donors (Lipinski definition) is 1. The van der Waals surface area contributed by atoms with Gasteiger partial charge in [-0.25, -0.2) is 9.97 Å². The van der Waals surface area contributed by atoms with Crippen molar-refractivity contribution in [1.29, 1.82) is 0 Å². The number of nitrogens with zero attached hydrogens (tertiary/aromatic N) is 3. The lowest BCUT2D eigenvalue weighted by Gasteiger charge is -2.04. The lowest BCUT2D eigenvalue weighted by atomic mass is 10.1. The molecule has 0 saturated carbocycles. The van der Waals surface area contributed by atoms with Gasteiger partial charge in [0.2, 0.25) is 0 Å². The molecule has 0 fully saturated rings. The van der Waals surface area contributed by atoms with Gasteiger partial charge in [0.15, 0.2) is 5.13 Å². The highest BCUT2D eigenvalue weighted by atomic mass is 35.5. The highest BCUT2D eigenvalue weighted by Gasteiger charge is 2.12. The van der Waals surface area contributed by atoms with Gasteiger partial charge in [-0.05, 0) is 17.7 Å². The van der Waals surface area contributed by atoms with Crippen LogP contribution in [0.4, 0.5) is 5.13 Å². The number of thiazole rings is 1. The Kier molecular flexibility index (Phi) is 4.85. The maximum atomic E-state index is 12.0. The summed E-state index contributed by atoms with van der Waals surface area (Å²) >= 11 is 13.7. The molecule has 3 aromatic rings. The van der Waals surface area contributed by atoms with Gasteiger partial charge in [-0.3, -0.25) is 15.1 Å². The van der Waals surface area contributed by atoms with Crippen molar-refractivity contribution in [3.8, 4) is 0 Å². The largest absolute Gasteiger partial charge is 0.296 e. The van der Waals surface area contributed by atoms with Crippen molar-refractivity contribution >= 4 is 45.6 Å². The highest BCUT2D eigenvalue weighted by molar-refractivity contribution is 7.15. The fourth-order valence-corrected chi connectivity index (χ4v) is 3.25. The van der Waals surface area contributed by atoms with Crippen molar-refractivity contribution in [3.05, 3.63) is 69.2 Å². The van der Waals surface area contributed by atoms with E-state index < -0.39 is 0 Å². The molecule has 1 N–H and O–H groups in total. The number of hydrogen-bond acceptors (Lipinski definition) is 5. The second kappa shape index (κ2) is 7.04. The molecule has 1 amide bonds. The van der Waals surface area contributed by atoms with Crippen molar-refractivity contribution in [3.63, 3.8) is 0 Å². The summed E-state index contributed by atoms with van der Waals surface area (Å²) in [5.41, 5.74) is 1.07. The minimum Gasteiger partial charge on any atom is -0.296 e. The monoisotopic (exact) mass is 364 g/mol. The van der Waals surface area contributed by atoms with E-state index in [1.165, 1.54) is 29.9 Å². The molecule has 0 aliphatic rings. The third kappa shape index (κ3) is 3.85. The molecule has 0 atom stereocenters. The number of carbonyl (C=O) groups is 1. The van der Waals surface area contributed by atoms with E-state index in [1.807, 2.05) is 0 Å². The minimum absolute atomic E-state index is 0.235. The van der Waals surface area contributed by atoms with Crippen LogP contribution >= 0.6 is 34.5 Å². The molecule has 0 radical (unpaired) electrons. The zero-order valence-corrected chi connectivity index (χ0v) is 14.0. The van der Waals surface area contributed by atoms with Crippen molar-refractivity contribution < 1.29 is 4.79 Å². The molecule has 2 heterocycles. The standard InChI is InChI=1S/C15H10Cl2N4OS/c16-11-2-1-3-12(17)10(11)6-9-7-20-15(23-9)21-14(22)13-8-18-4-5-19-13/h1-5,7-8H,6H2,(H,20,21,22). The second-order valence-electron chi connectivity index (χ2n) is 4.55. The number of carbonyl (C=O) groups excluding carboxylic acids is 1. The fraction of sp³-hybridized carbons (Fsp3) is 0.0667. The predicted octanol–water partition coefficient (Wildman–Crippen LogP) is 4.08. The van der Waals surface area contributed by atoms with E-state index in [-0.39, 0.29) is 11.6 Å². The van der Waals surface area contributed by atoms with Crippen LogP contribution in [-0.4, -0.2) is 20.9 Å². The third-order valence-electron chi connectivity index (χ3n) is 2.98. The van der Waals surface area contributed by atoms with Gasteiger partial charge < -0.3 is 0 Å². The summed E-state index contributed by atoms with van der Waals surface area (Å²) in [5.74, 6) is -0.352. The van der Waals surface area contributed by atoms with Gasteiger partial charge in [-0.15, -0.1) is 11.3 Å². The van der Waals surface area contributed by atoms with Crippen LogP contribution in [0.1, 0.15) is 20.9 Å². The van der Waals surface area contributed by atoms with Gasteiger partial charge in [-0.2, -0.15) is 0 Å². The Morgan fingerprint density at radius 1 is 1.13 bits per heavy atom. The molecule has 3 rings (SSSR count). The summed E-state index contributed by atoms with van der Waals surface area (Å²) < 4.78 is 0. The van der Waals surface area contributed by atoms with E-state index in [9.17, 15) is 4.79 Å². The average Bonchev–Trinajstić information content (AvgIpc) is 2.99. The van der Waals surface area contributed by atoms with Crippen LogP contribution in [0.25, 0.3) is 0 Å². The predicted molar refractivity (Wildman–Crippen MR) is 91.4 cm³/mol. The maximum absolute atomic E-state index is 12.0. The van der Waals surface area contributed by atoms with E-state index in [4.69, 9.17) is 23.2 Å². The molecule has 1 aromatic carbocycles. The summed E-state index contributed by atoms with van der Waals surface area (Å²) in [6.45, 7) is 0. The van der Waals surface area contributed by atoms with Crippen molar-refractivity contribution in [1.82, 2.24) is 15.0 Å². The van der Waals surface area contributed by atoms with Crippen LogP contribution in [0.2, 0.25) is 10.0 Å². The van der Waals surface area contributed by atoms with E-state index in [0.29, 0.717) is 21.6 Å². The molecule has 8 heteroatoms. The quantitative estimate of drug-likeness (QED) is 0.756. The zero-order chi connectivity index (χ0) is 16.2. The van der Waals surface area contributed by atoms with Crippen LogP contribution < -0.4 is 5.32 Å². The lowest BCUT2D eigenvalue weighted by molar-refractivity contribution is 0.102. The van der Waals surface area contributed by atoms with Gasteiger partial charge in [-0.1, -0.05) is 29.3 Å². The molecule has 2 aromatic heterocycles. The number of anilines is 1. The Hall–Kier alpha value is -2.02. The van der Waals surface area contributed by atoms with E-state index in [0.717, 1.165) is 10.4 Å². The molecule has 23 heavy (non-hydrogen) atoms. The fourth-order valence-electron chi connectivity index (χ4n) is 1.90.